The summed E-state index contributed by atoms with van der Waals surface area (Å²) in [6, 6.07) is 11.1. The van der Waals surface area contributed by atoms with Crippen LogP contribution in [0.25, 0.3) is 10.9 Å². The number of hydrogen-bond donors (Lipinski definition) is 3. The van der Waals surface area contributed by atoms with Crippen molar-refractivity contribution in [3.63, 3.8) is 0 Å². The molecule has 0 bridgehead atoms. The van der Waals surface area contributed by atoms with Crippen LogP contribution in [-0.2, 0) is 6.61 Å². The van der Waals surface area contributed by atoms with Crippen LogP contribution in [0.3, 0.4) is 0 Å². The number of hydrogen-bond acceptors (Lipinski definition) is 8. The molecular formula is C23H25ClN6O3. The lowest BCUT2D eigenvalue weighted by Crippen LogP contribution is -2.27. The van der Waals surface area contributed by atoms with Crippen molar-refractivity contribution in [3.05, 3.63) is 65.7 Å². The Hall–Kier alpha value is -3.40. The van der Waals surface area contributed by atoms with Crippen molar-refractivity contribution in [1.82, 2.24) is 25.1 Å². The standard InChI is InChI=1S/C23H25ClN6O3/c1-30(8-10-31)9-11-32-23-22-19(13-25-14-20(22)28-29-23)27-16-5-6-21(18(24)12-16)33-15-17-4-2-3-7-26-17/h2-7,12-14,27,31H,8-11,15H2,1H3,(H,28,29). The normalized spacial score (nSPS) is 11.2. The van der Waals surface area contributed by atoms with Crippen molar-refractivity contribution in [2.24, 2.45) is 0 Å². The van der Waals surface area contributed by atoms with Gasteiger partial charge in [-0.25, -0.2) is 0 Å². The van der Waals surface area contributed by atoms with Crippen LogP contribution in [0.2, 0.25) is 5.02 Å². The molecule has 0 aliphatic rings. The van der Waals surface area contributed by atoms with E-state index in [0.717, 1.165) is 28.0 Å². The summed E-state index contributed by atoms with van der Waals surface area (Å²) in [5, 5.41) is 20.9. The Morgan fingerprint density at radius 2 is 2.06 bits per heavy atom. The number of anilines is 2. The third kappa shape index (κ3) is 5.89. The van der Waals surface area contributed by atoms with Crippen molar-refractivity contribution >= 4 is 33.9 Å². The minimum Gasteiger partial charge on any atom is -0.486 e. The Morgan fingerprint density at radius 3 is 2.85 bits per heavy atom. The van der Waals surface area contributed by atoms with E-state index in [4.69, 9.17) is 26.2 Å². The first-order chi connectivity index (χ1) is 16.1. The first kappa shape index (κ1) is 22.8. The summed E-state index contributed by atoms with van der Waals surface area (Å²) in [5.74, 6) is 1.05. The van der Waals surface area contributed by atoms with Crippen molar-refractivity contribution in [2.75, 3.05) is 38.7 Å². The molecule has 4 aromatic rings. The molecule has 0 aliphatic heterocycles. The van der Waals surface area contributed by atoms with E-state index < -0.39 is 0 Å². The zero-order chi connectivity index (χ0) is 23.0. The number of rotatable bonds is 11. The van der Waals surface area contributed by atoms with Crippen molar-refractivity contribution < 1.29 is 14.6 Å². The number of nitrogens with zero attached hydrogens (tertiary/aromatic N) is 4. The number of fused-ring (bicyclic) bond motifs is 1. The van der Waals surface area contributed by atoms with Gasteiger partial charge in [0.2, 0.25) is 5.88 Å². The van der Waals surface area contributed by atoms with E-state index in [0.29, 0.717) is 43.0 Å². The van der Waals surface area contributed by atoms with E-state index in [1.165, 1.54) is 0 Å². The quantitative estimate of drug-likeness (QED) is 0.306. The second-order valence-corrected chi connectivity index (χ2v) is 7.80. The number of aliphatic hydroxyl groups is 1. The molecule has 0 aliphatic carbocycles. The van der Waals surface area contributed by atoms with Crippen LogP contribution in [-0.4, -0.2) is 63.5 Å². The Balaban J connectivity index is 1.46. The molecule has 1 aromatic carbocycles. The van der Waals surface area contributed by atoms with Crippen molar-refractivity contribution in [3.8, 4) is 11.6 Å². The van der Waals surface area contributed by atoms with E-state index in [1.54, 1.807) is 24.7 Å². The van der Waals surface area contributed by atoms with Gasteiger partial charge in [0, 0.05) is 25.0 Å². The lowest BCUT2D eigenvalue weighted by Gasteiger charge is -2.15. The predicted molar refractivity (Wildman–Crippen MR) is 127 cm³/mol. The number of aliphatic hydroxyl groups excluding tert-OH is 1. The van der Waals surface area contributed by atoms with Crippen LogP contribution in [0, 0.1) is 0 Å². The smallest absolute Gasteiger partial charge is 0.242 e. The zero-order valence-corrected chi connectivity index (χ0v) is 18.9. The van der Waals surface area contributed by atoms with Crippen LogP contribution in [0.15, 0.2) is 55.0 Å². The van der Waals surface area contributed by atoms with Gasteiger partial charge in [-0.2, -0.15) is 0 Å². The number of ether oxygens (including phenoxy) is 2. The summed E-state index contributed by atoms with van der Waals surface area (Å²) in [5.41, 5.74) is 3.08. The highest BCUT2D eigenvalue weighted by molar-refractivity contribution is 6.32. The lowest BCUT2D eigenvalue weighted by molar-refractivity contribution is 0.191. The number of halogens is 1. The van der Waals surface area contributed by atoms with Gasteiger partial charge in [0.15, 0.2) is 0 Å². The molecule has 9 nitrogen and oxygen atoms in total. The van der Waals surface area contributed by atoms with Crippen molar-refractivity contribution in [1.29, 1.82) is 0 Å². The highest BCUT2D eigenvalue weighted by Crippen LogP contribution is 2.34. The molecule has 0 saturated heterocycles. The molecule has 0 amide bonds. The number of nitrogens with one attached hydrogen (secondary N) is 2. The molecule has 0 radical (unpaired) electrons. The van der Waals surface area contributed by atoms with Crippen LogP contribution in [0.1, 0.15) is 5.69 Å². The SMILES string of the molecule is CN(CCO)CCOc1n[nH]c2cncc(Nc3ccc(OCc4ccccn4)c(Cl)c3)c12. The minimum absolute atomic E-state index is 0.108. The molecule has 172 valence electrons. The average Bonchev–Trinajstić information content (AvgIpc) is 3.23. The topological polar surface area (TPSA) is 108 Å². The summed E-state index contributed by atoms with van der Waals surface area (Å²) in [6.45, 7) is 2.13. The van der Waals surface area contributed by atoms with Gasteiger partial charge in [0.05, 0.1) is 46.3 Å². The maximum atomic E-state index is 9.02. The average molecular weight is 469 g/mol. The van der Waals surface area contributed by atoms with Gasteiger partial charge >= 0.3 is 0 Å². The van der Waals surface area contributed by atoms with Gasteiger partial charge in [-0.15, -0.1) is 5.10 Å². The van der Waals surface area contributed by atoms with Crippen molar-refractivity contribution in [2.45, 2.75) is 6.61 Å². The Kier molecular flexibility index (Phi) is 7.56. The highest BCUT2D eigenvalue weighted by atomic mass is 35.5. The van der Waals surface area contributed by atoms with E-state index in [2.05, 4.69) is 25.5 Å². The Morgan fingerprint density at radius 1 is 1.15 bits per heavy atom. The molecule has 0 atom stereocenters. The summed E-state index contributed by atoms with van der Waals surface area (Å²) in [7, 11) is 1.92. The maximum absolute atomic E-state index is 9.02. The number of pyridine rings is 2. The molecule has 33 heavy (non-hydrogen) atoms. The first-order valence-electron chi connectivity index (χ1n) is 10.5. The number of aromatic amines is 1. The van der Waals surface area contributed by atoms with Gasteiger partial charge in [0.25, 0.3) is 0 Å². The van der Waals surface area contributed by atoms with E-state index in [9.17, 15) is 0 Å². The number of benzene rings is 1. The fourth-order valence-corrected chi connectivity index (χ4v) is 3.44. The molecule has 4 rings (SSSR count). The second kappa shape index (κ2) is 11.0. The molecule has 0 saturated carbocycles. The summed E-state index contributed by atoms with van der Waals surface area (Å²) >= 11 is 6.45. The van der Waals surface area contributed by atoms with E-state index >= 15 is 0 Å². The predicted octanol–water partition coefficient (Wildman–Crippen LogP) is 3.63. The largest absolute Gasteiger partial charge is 0.486 e. The fraction of sp³-hybridized carbons (Fsp3) is 0.261. The second-order valence-electron chi connectivity index (χ2n) is 7.39. The van der Waals surface area contributed by atoms with Gasteiger partial charge in [0.1, 0.15) is 19.0 Å². The Labute approximate surface area is 196 Å². The molecule has 0 unspecified atom stereocenters. The van der Waals surface area contributed by atoms with Gasteiger partial charge in [-0.1, -0.05) is 17.7 Å². The summed E-state index contributed by atoms with van der Waals surface area (Å²) in [6.07, 6.45) is 5.13. The number of aromatic nitrogens is 4. The van der Waals surface area contributed by atoms with Crippen LogP contribution in [0.5, 0.6) is 11.6 Å². The summed E-state index contributed by atoms with van der Waals surface area (Å²) in [4.78, 5) is 10.5. The van der Waals surface area contributed by atoms with Crippen LogP contribution < -0.4 is 14.8 Å². The van der Waals surface area contributed by atoms with Gasteiger partial charge < -0.3 is 24.8 Å². The molecule has 3 heterocycles. The lowest BCUT2D eigenvalue weighted by atomic mass is 10.2. The third-order valence-electron chi connectivity index (χ3n) is 4.94. The fourth-order valence-electron chi connectivity index (χ4n) is 3.21. The molecule has 0 spiro atoms. The molecule has 3 N–H and O–H groups in total. The zero-order valence-electron chi connectivity index (χ0n) is 18.2. The monoisotopic (exact) mass is 468 g/mol. The molecule has 3 aromatic heterocycles. The van der Waals surface area contributed by atoms with E-state index in [1.807, 2.05) is 42.3 Å². The number of H-pyrrole nitrogens is 1. The summed E-state index contributed by atoms with van der Waals surface area (Å²) < 4.78 is 11.7. The van der Waals surface area contributed by atoms with Crippen LogP contribution in [0.4, 0.5) is 11.4 Å². The number of likely N-dealkylation sites (N-methyl/N-ethyl adjacent to an activating group) is 1. The molecular weight excluding hydrogens is 444 g/mol. The van der Waals surface area contributed by atoms with E-state index in [-0.39, 0.29) is 6.61 Å². The van der Waals surface area contributed by atoms with Crippen LogP contribution >= 0.6 is 11.6 Å². The molecule has 10 heteroatoms. The minimum atomic E-state index is 0.108. The van der Waals surface area contributed by atoms with Gasteiger partial charge in [-0.3, -0.25) is 15.1 Å². The Bertz CT molecular complexity index is 1190. The maximum Gasteiger partial charge on any atom is 0.242 e. The molecule has 0 fully saturated rings. The third-order valence-corrected chi connectivity index (χ3v) is 5.24. The first-order valence-corrected chi connectivity index (χ1v) is 10.9. The van der Waals surface area contributed by atoms with Gasteiger partial charge in [-0.05, 0) is 37.4 Å². The highest BCUT2D eigenvalue weighted by Gasteiger charge is 2.14.